The van der Waals surface area contributed by atoms with Crippen LogP contribution < -0.4 is 10.1 Å². The summed E-state index contributed by atoms with van der Waals surface area (Å²) < 4.78 is 19.1. The lowest BCUT2D eigenvalue weighted by Crippen LogP contribution is -2.44. The van der Waals surface area contributed by atoms with Crippen LogP contribution in [0.5, 0.6) is 5.75 Å². The molecule has 1 heterocycles. The third-order valence-corrected chi connectivity index (χ3v) is 3.29. The highest BCUT2D eigenvalue weighted by molar-refractivity contribution is 5.85. The highest BCUT2D eigenvalue weighted by atomic mass is 35.5. The van der Waals surface area contributed by atoms with E-state index in [4.69, 9.17) is 4.74 Å². The molecule has 1 aromatic carbocycles. The van der Waals surface area contributed by atoms with Crippen LogP contribution in [-0.2, 0) is 0 Å². The lowest BCUT2D eigenvalue weighted by molar-refractivity contribution is 0.200. The molecule has 20 heavy (non-hydrogen) atoms. The molecule has 6 heteroatoms. The fourth-order valence-corrected chi connectivity index (χ4v) is 2.31. The van der Waals surface area contributed by atoms with E-state index in [0.29, 0.717) is 11.3 Å². The van der Waals surface area contributed by atoms with Gasteiger partial charge in [0.1, 0.15) is 11.6 Å². The van der Waals surface area contributed by atoms with E-state index < -0.39 is 0 Å². The van der Waals surface area contributed by atoms with Crippen molar-refractivity contribution in [3.8, 4) is 5.75 Å². The molecule has 1 atom stereocenters. The third kappa shape index (κ3) is 4.35. The molecule has 1 aliphatic heterocycles. The highest BCUT2D eigenvalue weighted by Crippen LogP contribution is 2.28. The molecule has 2 rings (SSSR count). The first kappa shape index (κ1) is 19.2. The van der Waals surface area contributed by atoms with Crippen LogP contribution in [0.25, 0.3) is 0 Å². The molecule has 1 saturated heterocycles. The van der Waals surface area contributed by atoms with Crippen LogP contribution in [0, 0.1) is 5.82 Å². The van der Waals surface area contributed by atoms with Crippen LogP contribution in [0.15, 0.2) is 30.9 Å². The highest BCUT2D eigenvalue weighted by Gasteiger charge is 2.22. The van der Waals surface area contributed by atoms with Gasteiger partial charge in [-0.3, -0.25) is 4.90 Å². The van der Waals surface area contributed by atoms with Crippen LogP contribution in [0.3, 0.4) is 0 Å². The minimum atomic E-state index is -0.209. The molecular weight excluding hydrogens is 302 g/mol. The fourth-order valence-electron chi connectivity index (χ4n) is 2.31. The number of halogens is 3. The zero-order valence-corrected chi connectivity index (χ0v) is 13.1. The average Bonchev–Trinajstić information content (AvgIpc) is 2.43. The van der Waals surface area contributed by atoms with Crippen molar-refractivity contribution in [3.05, 3.63) is 42.2 Å². The van der Waals surface area contributed by atoms with Crippen molar-refractivity contribution in [1.29, 1.82) is 0 Å². The number of ether oxygens (including phenoxy) is 1. The summed E-state index contributed by atoms with van der Waals surface area (Å²) in [6, 6.07) is 4.75. The lowest BCUT2D eigenvalue weighted by atomic mass is 10.0. The predicted molar refractivity (Wildman–Crippen MR) is 84.8 cm³/mol. The van der Waals surface area contributed by atoms with Gasteiger partial charge in [-0.05, 0) is 18.2 Å². The van der Waals surface area contributed by atoms with Gasteiger partial charge in [0.25, 0.3) is 0 Å². The first-order chi connectivity index (χ1) is 8.76. The monoisotopic (exact) mass is 322 g/mol. The summed E-state index contributed by atoms with van der Waals surface area (Å²) in [7, 11) is 1.59. The molecule has 1 aromatic rings. The number of rotatable bonds is 4. The van der Waals surface area contributed by atoms with Crippen LogP contribution in [0.4, 0.5) is 4.39 Å². The summed E-state index contributed by atoms with van der Waals surface area (Å²) in [5.74, 6) is 0.465. The van der Waals surface area contributed by atoms with Crippen molar-refractivity contribution in [2.75, 3.05) is 33.3 Å². The summed E-state index contributed by atoms with van der Waals surface area (Å²) in [6.07, 6.45) is 1.79. The molecule has 0 amide bonds. The average molecular weight is 323 g/mol. The van der Waals surface area contributed by atoms with Gasteiger partial charge < -0.3 is 10.1 Å². The van der Waals surface area contributed by atoms with E-state index >= 15 is 0 Å². The van der Waals surface area contributed by atoms with Crippen molar-refractivity contribution in [2.45, 2.75) is 6.04 Å². The van der Waals surface area contributed by atoms with Crippen molar-refractivity contribution >= 4 is 24.8 Å². The van der Waals surface area contributed by atoms with E-state index in [1.165, 1.54) is 6.07 Å². The van der Waals surface area contributed by atoms with E-state index in [1.807, 2.05) is 0 Å². The smallest absolute Gasteiger partial charge is 0.128 e. The second-order valence-corrected chi connectivity index (χ2v) is 4.35. The Hall–Kier alpha value is -0.810. The van der Waals surface area contributed by atoms with Gasteiger partial charge in [0.2, 0.25) is 0 Å². The molecule has 0 aliphatic carbocycles. The zero-order chi connectivity index (χ0) is 13.0. The molecule has 0 aromatic heterocycles. The predicted octanol–water partition coefficient (Wildman–Crippen LogP) is 2.81. The Labute approximate surface area is 132 Å². The molecular formula is C14H21Cl2FN2O. The maximum atomic E-state index is 14.0. The number of hydrogen-bond acceptors (Lipinski definition) is 3. The Balaban J connectivity index is 0.00000180. The maximum Gasteiger partial charge on any atom is 0.128 e. The first-order valence-electron chi connectivity index (χ1n) is 6.17. The number of benzene rings is 1. The van der Waals surface area contributed by atoms with E-state index in [-0.39, 0.29) is 36.7 Å². The Morgan fingerprint density at radius 1 is 1.35 bits per heavy atom. The Morgan fingerprint density at radius 2 is 2.00 bits per heavy atom. The van der Waals surface area contributed by atoms with Gasteiger partial charge in [-0.25, -0.2) is 4.39 Å². The van der Waals surface area contributed by atoms with Crippen LogP contribution in [0.2, 0.25) is 0 Å². The lowest BCUT2D eigenvalue weighted by Gasteiger charge is -2.33. The van der Waals surface area contributed by atoms with E-state index in [0.717, 1.165) is 26.2 Å². The summed E-state index contributed by atoms with van der Waals surface area (Å²) in [5, 5.41) is 3.29. The quantitative estimate of drug-likeness (QED) is 0.863. The fraction of sp³-hybridized carbons (Fsp3) is 0.429. The molecule has 3 nitrogen and oxygen atoms in total. The Bertz CT molecular complexity index is 426. The molecule has 0 saturated carbocycles. The van der Waals surface area contributed by atoms with Gasteiger partial charge in [-0.15, -0.1) is 31.4 Å². The summed E-state index contributed by atoms with van der Waals surface area (Å²) in [6.45, 7) is 7.49. The molecule has 0 radical (unpaired) electrons. The Kier molecular flexibility index (Phi) is 8.81. The standard InChI is InChI=1S/C14H19FN2O.2ClH/c1-3-14(17-8-6-16-7-9-17)12-10-11(18-2)4-5-13(12)15;;/h3-5,10,14,16H,1,6-9H2,2H3;2*1H/t14-;;/m1../s1. The Morgan fingerprint density at radius 3 is 2.55 bits per heavy atom. The zero-order valence-electron chi connectivity index (χ0n) is 11.5. The minimum absolute atomic E-state index is 0. The van der Waals surface area contributed by atoms with Crippen molar-refractivity contribution in [3.63, 3.8) is 0 Å². The number of methoxy groups -OCH3 is 1. The van der Waals surface area contributed by atoms with Crippen molar-refractivity contribution in [2.24, 2.45) is 0 Å². The van der Waals surface area contributed by atoms with Gasteiger partial charge in [-0.1, -0.05) is 6.08 Å². The van der Waals surface area contributed by atoms with Crippen LogP contribution in [-0.4, -0.2) is 38.2 Å². The minimum Gasteiger partial charge on any atom is -0.497 e. The molecule has 0 spiro atoms. The second kappa shape index (κ2) is 9.19. The van der Waals surface area contributed by atoms with Crippen molar-refractivity contribution < 1.29 is 9.13 Å². The second-order valence-electron chi connectivity index (χ2n) is 4.35. The molecule has 114 valence electrons. The van der Waals surface area contributed by atoms with Gasteiger partial charge in [-0.2, -0.15) is 0 Å². The normalized spacial score (nSPS) is 16.5. The third-order valence-electron chi connectivity index (χ3n) is 3.29. The summed E-state index contributed by atoms with van der Waals surface area (Å²) in [5.41, 5.74) is 0.631. The maximum absolute atomic E-state index is 14.0. The summed E-state index contributed by atoms with van der Waals surface area (Å²) >= 11 is 0. The molecule has 1 aliphatic rings. The number of nitrogens with zero attached hydrogens (tertiary/aromatic N) is 1. The largest absolute Gasteiger partial charge is 0.497 e. The number of hydrogen-bond donors (Lipinski definition) is 1. The van der Waals surface area contributed by atoms with Crippen LogP contribution >= 0.6 is 24.8 Å². The molecule has 0 bridgehead atoms. The summed E-state index contributed by atoms with van der Waals surface area (Å²) in [4.78, 5) is 2.22. The van der Waals surface area contributed by atoms with Crippen LogP contribution in [0.1, 0.15) is 11.6 Å². The molecule has 1 fully saturated rings. The first-order valence-corrected chi connectivity index (χ1v) is 6.17. The van der Waals surface area contributed by atoms with E-state index in [1.54, 1.807) is 25.3 Å². The molecule has 1 N–H and O–H groups in total. The van der Waals surface area contributed by atoms with Gasteiger partial charge in [0.05, 0.1) is 13.2 Å². The topological polar surface area (TPSA) is 24.5 Å². The number of nitrogens with one attached hydrogen (secondary N) is 1. The van der Waals surface area contributed by atoms with E-state index in [9.17, 15) is 4.39 Å². The van der Waals surface area contributed by atoms with E-state index in [2.05, 4.69) is 16.8 Å². The van der Waals surface area contributed by atoms with Gasteiger partial charge in [0, 0.05) is 31.7 Å². The van der Waals surface area contributed by atoms with Crippen molar-refractivity contribution in [1.82, 2.24) is 10.2 Å². The SMILES string of the molecule is C=C[C@H](c1cc(OC)ccc1F)N1CCNCC1.Cl.Cl. The van der Waals surface area contributed by atoms with Gasteiger partial charge >= 0.3 is 0 Å². The number of piperazine rings is 1. The molecule has 0 unspecified atom stereocenters. The van der Waals surface area contributed by atoms with Gasteiger partial charge in [0.15, 0.2) is 0 Å².